The minimum Gasteiger partial charge on any atom is -0.382 e. The maximum Gasteiger partial charge on any atom is 0.190 e. The third-order valence-electron chi connectivity index (χ3n) is 3.94. The van der Waals surface area contributed by atoms with E-state index in [1.807, 2.05) is 14.0 Å². The van der Waals surface area contributed by atoms with Crippen LogP contribution in [0.4, 0.5) is 0 Å². The normalized spacial score (nSPS) is 17.4. The molecule has 138 valence electrons. The molecule has 7 heteroatoms. The van der Waals surface area contributed by atoms with Crippen LogP contribution in [0, 0.1) is 0 Å². The highest BCUT2D eigenvalue weighted by atomic mass is 127. The predicted molar refractivity (Wildman–Crippen MR) is 109 cm³/mol. The number of hydrogen-bond acceptors (Lipinski definition) is 4. The highest BCUT2D eigenvalue weighted by Crippen LogP contribution is 2.01. The van der Waals surface area contributed by atoms with Crippen molar-refractivity contribution in [2.75, 3.05) is 73.1 Å². The van der Waals surface area contributed by atoms with E-state index in [2.05, 4.69) is 32.5 Å². The van der Waals surface area contributed by atoms with Gasteiger partial charge >= 0.3 is 0 Å². The fraction of sp³-hybridized carbons (Fsp3) is 0.938. The van der Waals surface area contributed by atoms with Crippen molar-refractivity contribution in [3.8, 4) is 0 Å². The third-order valence-corrected chi connectivity index (χ3v) is 3.94. The Labute approximate surface area is 159 Å². The van der Waals surface area contributed by atoms with Gasteiger partial charge in [0.15, 0.2) is 5.96 Å². The minimum absolute atomic E-state index is 0. The Morgan fingerprint density at radius 3 is 2.52 bits per heavy atom. The van der Waals surface area contributed by atoms with Crippen LogP contribution >= 0.6 is 24.0 Å². The smallest absolute Gasteiger partial charge is 0.190 e. The van der Waals surface area contributed by atoms with Crippen LogP contribution in [0.25, 0.3) is 0 Å². The van der Waals surface area contributed by atoms with Crippen molar-refractivity contribution in [2.45, 2.75) is 26.2 Å². The van der Waals surface area contributed by atoms with E-state index in [1.165, 1.54) is 39.1 Å². The summed E-state index contributed by atoms with van der Waals surface area (Å²) in [5, 5.41) is 6.71. The Morgan fingerprint density at radius 2 is 1.83 bits per heavy atom. The molecule has 0 aromatic heterocycles. The summed E-state index contributed by atoms with van der Waals surface area (Å²) in [5.41, 5.74) is 0. The first-order chi connectivity index (χ1) is 10.8. The zero-order valence-electron chi connectivity index (χ0n) is 15.1. The van der Waals surface area contributed by atoms with Crippen LogP contribution in [0.2, 0.25) is 0 Å². The Bertz CT molecular complexity index is 304. The number of nitrogens with one attached hydrogen (secondary N) is 2. The molecular weight excluding hydrogens is 405 g/mol. The van der Waals surface area contributed by atoms with Gasteiger partial charge in [-0.15, -0.1) is 24.0 Å². The number of likely N-dealkylation sites (N-methyl/N-ethyl adjacent to an activating group) is 1. The zero-order chi connectivity index (χ0) is 16.0. The standard InChI is InChI=1S/C16H35N5O.HI/c1-4-22-15-6-9-19-16(17-2)18-8-5-11-21-12-7-10-20(3)13-14-21;/h4-15H2,1-3H3,(H2,17,18,19);1H. The molecule has 0 aliphatic carbocycles. The quantitative estimate of drug-likeness (QED) is 0.244. The number of halogens is 1. The summed E-state index contributed by atoms with van der Waals surface area (Å²) in [6, 6.07) is 0. The first kappa shape index (κ1) is 22.9. The lowest BCUT2D eigenvalue weighted by Crippen LogP contribution is -2.39. The highest BCUT2D eigenvalue weighted by molar-refractivity contribution is 14.0. The van der Waals surface area contributed by atoms with Crippen molar-refractivity contribution in [3.05, 3.63) is 0 Å². The van der Waals surface area contributed by atoms with Crippen LogP contribution in [0.3, 0.4) is 0 Å². The van der Waals surface area contributed by atoms with Crippen LogP contribution < -0.4 is 10.6 Å². The SMILES string of the molecule is CCOCCCNC(=NC)NCCCN1CCCN(C)CC1.I. The van der Waals surface area contributed by atoms with Gasteiger partial charge < -0.3 is 25.2 Å². The van der Waals surface area contributed by atoms with Gasteiger partial charge in [0.1, 0.15) is 0 Å². The third kappa shape index (κ3) is 12.0. The maximum atomic E-state index is 5.32. The van der Waals surface area contributed by atoms with E-state index < -0.39 is 0 Å². The molecular formula is C16H36IN5O. The van der Waals surface area contributed by atoms with Crippen LogP contribution in [0.15, 0.2) is 4.99 Å². The molecule has 1 aliphatic rings. The van der Waals surface area contributed by atoms with E-state index in [-0.39, 0.29) is 24.0 Å². The van der Waals surface area contributed by atoms with E-state index in [0.717, 1.165) is 45.1 Å². The van der Waals surface area contributed by atoms with Gasteiger partial charge in [-0.25, -0.2) is 0 Å². The molecule has 0 saturated carbocycles. The Morgan fingerprint density at radius 1 is 1.09 bits per heavy atom. The number of guanidine groups is 1. The molecule has 0 bridgehead atoms. The van der Waals surface area contributed by atoms with Gasteiger partial charge in [0.2, 0.25) is 0 Å². The second-order valence-electron chi connectivity index (χ2n) is 5.83. The van der Waals surface area contributed by atoms with Gasteiger partial charge in [-0.3, -0.25) is 4.99 Å². The summed E-state index contributed by atoms with van der Waals surface area (Å²) in [5.74, 6) is 0.895. The van der Waals surface area contributed by atoms with E-state index in [0.29, 0.717) is 0 Å². The molecule has 6 nitrogen and oxygen atoms in total. The lowest BCUT2D eigenvalue weighted by molar-refractivity contribution is 0.145. The van der Waals surface area contributed by atoms with E-state index in [4.69, 9.17) is 4.74 Å². The molecule has 1 heterocycles. The second kappa shape index (κ2) is 15.4. The lowest BCUT2D eigenvalue weighted by atomic mass is 10.3. The molecule has 23 heavy (non-hydrogen) atoms. The fourth-order valence-electron chi connectivity index (χ4n) is 2.58. The molecule has 0 aromatic carbocycles. The van der Waals surface area contributed by atoms with E-state index in [9.17, 15) is 0 Å². The molecule has 1 rings (SSSR count). The van der Waals surface area contributed by atoms with Gasteiger partial charge in [0.05, 0.1) is 0 Å². The first-order valence-electron chi connectivity index (χ1n) is 8.69. The molecule has 1 saturated heterocycles. The van der Waals surface area contributed by atoms with Crippen LogP contribution in [-0.4, -0.2) is 88.9 Å². The molecule has 0 amide bonds. The van der Waals surface area contributed by atoms with E-state index in [1.54, 1.807) is 0 Å². The zero-order valence-corrected chi connectivity index (χ0v) is 17.5. The summed E-state index contributed by atoms with van der Waals surface area (Å²) in [6.07, 6.45) is 3.45. The molecule has 0 unspecified atom stereocenters. The van der Waals surface area contributed by atoms with Crippen molar-refractivity contribution in [1.29, 1.82) is 0 Å². The Balaban J connectivity index is 0.00000484. The summed E-state index contributed by atoms with van der Waals surface area (Å²) < 4.78 is 5.32. The fourth-order valence-corrected chi connectivity index (χ4v) is 2.58. The lowest BCUT2D eigenvalue weighted by Gasteiger charge is -2.20. The highest BCUT2D eigenvalue weighted by Gasteiger charge is 2.11. The van der Waals surface area contributed by atoms with E-state index >= 15 is 0 Å². The van der Waals surface area contributed by atoms with Crippen molar-refractivity contribution >= 4 is 29.9 Å². The number of rotatable bonds is 9. The summed E-state index contributed by atoms with van der Waals surface area (Å²) in [6.45, 7) is 11.5. The molecule has 0 aromatic rings. The molecule has 0 radical (unpaired) electrons. The van der Waals surface area contributed by atoms with Gasteiger partial charge in [0.25, 0.3) is 0 Å². The summed E-state index contributed by atoms with van der Waals surface area (Å²) >= 11 is 0. The number of ether oxygens (including phenoxy) is 1. The van der Waals surface area contributed by atoms with Crippen molar-refractivity contribution in [1.82, 2.24) is 20.4 Å². The van der Waals surface area contributed by atoms with Crippen molar-refractivity contribution in [2.24, 2.45) is 4.99 Å². The monoisotopic (exact) mass is 441 g/mol. The Kier molecular flexibility index (Phi) is 15.3. The maximum absolute atomic E-state index is 5.32. The predicted octanol–water partition coefficient (Wildman–Crippen LogP) is 1.22. The van der Waals surface area contributed by atoms with Gasteiger partial charge in [0, 0.05) is 46.4 Å². The number of hydrogen-bond donors (Lipinski definition) is 2. The number of aliphatic imine (C=N–C) groups is 1. The largest absolute Gasteiger partial charge is 0.382 e. The average Bonchev–Trinajstić information content (AvgIpc) is 2.73. The van der Waals surface area contributed by atoms with Gasteiger partial charge in [-0.2, -0.15) is 0 Å². The van der Waals surface area contributed by atoms with Crippen molar-refractivity contribution in [3.63, 3.8) is 0 Å². The average molecular weight is 441 g/mol. The molecule has 1 aliphatic heterocycles. The molecule has 0 spiro atoms. The van der Waals surface area contributed by atoms with Gasteiger partial charge in [-0.05, 0) is 52.9 Å². The van der Waals surface area contributed by atoms with Crippen LogP contribution in [-0.2, 0) is 4.74 Å². The topological polar surface area (TPSA) is 52.1 Å². The summed E-state index contributed by atoms with van der Waals surface area (Å²) in [4.78, 5) is 9.24. The minimum atomic E-state index is 0. The number of nitrogens with zero attached hydrogens (tertiary/aromatic N) is 3. The Hall–Kier alpha value is -0.120. The summed E-state index contributed by atoms with van der Waals surface area (Å²) in [7, 11) is 4.04. The molecule has 0 atom stereocenters. The second-order valence-corrected chi connectivity index (χ2v) is 5.83. The van der Waals surface area contributed by atoms with Crippen molar-refractivity contribution < 1.29 is 4.74 Å². The first-order valence-corrected chi connectivity index (χ1v) is 8.69. The molecule has 1 fully saturated rings. The molecule has 2 N–H and O–H groups in total. The van der Waals surface area contributed by atoms with Crippen LogP contribution in [0.1, 0.15) is 26.2 Å². The van der Waals surface area contributed by atoms with Gasteiger partial charge in [-0.1, -0.05) is 0 Å². The van der Waals surface area contributed by atoms with Crippen LogP contribution in [0.5, 0.6) is 0 Å².